The average Bonchev–Trinajstić information content (AvgIpc) is 2.60. The molecule has 0 saturated carbocycles. The molecule has 0 spiro atoms. The van der Waals surface area contributed by atoms with Crippen LogP contribution in [0.5, 0.6) is 0 Å². The summed E-state index contributed by atoms with van der Waals surface area (Å²) in [6, 6.07) is -2.32. The zero-order valence-electron chi connectivity index (χ0n) is 12.7. The first-order valence-corrected chi connectivity index (χ1v) is 7.25. The Morgan fingerprint density at radius 1 is 1.21 bits per heavy atom. The highest BCUT2D eigenvalue weighted by atomic mass is 19.4. The number of allylic oxidation sites excluding steroid dienone is 5. The molecule has 2 N–H and O–H groups in total. The lowest BCUT2D eigenvalue weighted by Gasteiger charge is -2.43. The number of rotatable bonds is 2. The van der Waals surface area contributed by atoms with Crippen LogP contribution in [0.25, 0.3) is 0 Å². The minimum atomic E-state index is -4.65. The molecule has 2 rings (SSSR count). The summed E-state index contributed by atoms with van der Waals surface area (Å²) in [4.78, 5) is 12.5. The fourth-order valence-corrected chi connectivity index (χ4v) is 3.04. The van der Waals surface area contributed by atoms with Crippen LogP contribution in [-0.4, -0.2) is 35.6 Å². The SMILES string of the molecule is CC1C(C2=C(F)C=CC(F)=C(F)C2)CC(N)C(=O)N1CC(F)(F)F. The number of halogens is 6. The third kappa shape index (κ3) is 3.82. The normalized spacial score (nSPS) is 29.4. The van der Waals surface area contributed by atoms with Gasteiger partial charge in [0, 0.05) is 18.4 Å². The number of carbonyl (C=O) groups is 1. The van der Waals surface area contributed by atoms with Crippen LogP contribution in [0, 0.1) is 5.92 Å². The van der Waals surface area contributed by atoms with Gasteiger partial charge >= 0.3 is 6.18 Å². The van der Waals surface area contributed by atoms with Crippen molar-refractivity contribution in [2.45, 2.75) is 38.0 Å². The second-order valence-electron chi connectivity index (χ2n) is 5.91. The van der Waals surface area contributed by atoms with Gasteiger partial charge in [-0.3, -0.25) is 4.79 Å². The van der Waals surface area contributed by atoms with Crippen LogP contribution in [0.1, 0.15) is 19.8 Å². The van der Waals surface area contributed by atoms with Gasteiger partial charge in [0.2, 0.25) is 5.91 Å². The van der Waals surface area contributed by atoms with Gasteiger partial charge in [-0.1, -0.05) is 0 Å². The maximum Gasteiger partial charge on any atom is 0.406 e. The lowest BCUT2D eigenvalue weighted by molar-refractivity contribution is -0.171. The molecule has 1 fully saturated rings. The highest BCUT2D eigenvalue weighted by molar-refractivity contribution is 5.83. The Hall–Kier alpha value is -1.77. The molecule has 0 aromatic heterocycles. The highest BCUT2D eigenvalue weighted by Gasteiger charge is 2.44. The molecule has 1 saturated heterocycles. The predicted octanol–water partition coefficient (Wildman–Crippen LogP) is 3.45. The minimum Gasteiger partial charge on any atom is -0.329 e. The third-order valence-electron chi connectivity index (χ3n) is 4.27. The van der Waals surface area contributed by atoms with Crippen LogP contribution in [-0.2, 0) is 4.79 Å². The molecule has 3 nitrogen and oxygen atoms in total. The van der Waals surface area contributed by atoms with Gasteiger partial charge in [0.25, 0.3) is 0 Å². The molecule has 3 unspecified atom stereocenters. The zero-order chi connectivity index (χ0) is 18.2. The van der Waals surface area contributed by atoms with Crippen LogP contribution in [0.2, 0.25) is 0 Å². The van der Waals surface area contributed by atoms with Crippen LogP contribution in [0.4, 0.5) is 26.3 Å². The number of carbonyl (C=O) groups excluding carboxylic acids is 1. The Morgan fingerprint density at radius 2 is 1.79 bits per heavy atom. The Bertz CT molecular complexity index is 622. The molecule has 1 heterocycles. The molecule has 1 amide bonds. The second kappa shape index (κ2) is 6.62. The summed E-state index contributed by atoms with van der Waals surface area (Å²) in [5.41, 5.74) is 5.40. The van der Waals surface area contributed by atoms with E-state index < -0.39 is 60.5 Å². The first-order chi connectivity index (χ1) is 11.0. The fraction of sp³-hybridized carbons (Fsp3) is 0.533. The Kier molecular flexibility index (Phi) is 5.12. The molecular weight excluding hydrogens is 338 g/mol. The number of nitrogens with two attached hydrogens (primary N) is 1. The van der Waals surface area contributed by atoms with E-state index in [4.69, 9.17) is 5.73 Å². The molecule has 1 aliphatic heterocycles. The number of hydrogen-bond acceptors (Lipinski definition) is 2. The van der Waals surface area contributed by atoms with E-state index in [1.54, 1.807) is 0 Å². The van der Waals surface area contributed by atoms with Gasteiger partial charge in [0.1, 0.15) is 18.2 Å². The Balaban J connectivity index is 2.36. The molecular formula is C15H16F6N2O. The standard InChI is InChI=1S/C15H16F6N2O/c1-7-8(9-4-12(18)11(17)3-2-10(9)16)5-13(22)14(24)23(7)6-15(19,20)21/h2-3,7-8,13H,4-6,22H2,1H3. The molecule has 24 heavy (non-hydrogen) atoms. The molecule has 0 aromatic carbocycles. The van der Waals surface area contributed by atoms with Gasteiger partial charge in [0.15, 0.2) is 5.83 Å². The van der Waals surface area contributed by atoms with E-state index >= 15 is 0 Å². The van der Waals surface area contributed by atoms with E-state index in [-0.39, 0.29) is 12.0 Å². The van der Waals surface area contributed by atoms with Crippen molar-refractivity contribution in [3.63, 3.8) is 0 Å². The van der Waals surface area contributed by atoms with Crippen LogP contribution in [0.3, 0.4) is 0 Å². The van der Waals surface area contributed by atoms with Gasteiger partial charge in [-0.05, 0) is 31.1 Å². The van der Waals surface area contributed by atoms with Crippen molar-refractivity contribution in [2.24, 2.45) is 11.7 Å². The van der Waals surface area contributed by atoms with Crippen molar-refractivity contribution in [1.82, 2.24) is 4.90 Å². The quantitative estimate of drug-likeness (QED) is 0.772. The molecule has 0 aromatic rings. The van der Waals surface area contributed by atoms with Gasteiger partial charge in [-0.15, -0.1) is 0 Å². The van der Waals surface area contributed by atoms with Crippen LogP contribution >= 0.6 is 0 Å². The summed E-state index contributed by atoms with van der Waals surface area (Å²) in [6.45, 7) is -0.221. The fourth-order valence-electron chi connectivity index (χ4n) is 3.04. The largest absolute Gasteiger partial charge is 0.406 e. The Morgan fingerprint density at radius 3 is 2.38 bits per heavy atom. The maximum atomic E-state index is 14.2. The monoisotopic (exact) mass is 354 g/mol. The summed E-state index contributed by atoms with van der Waals surface area (Å²) in [7, 11) is 0. The second-order valence-corrected chi connectivity index (χ2v) is 5.91. The van der Waals surface area contributed by atoms with Crippen molar-refractivity contribution >= 4 is 5.91 Å². The average molecular weight is 354 g/mol. The molecule has 1 aliphatic carbocycles. The Labute approximate surface area is 134 Å². The first kappa shape index (κ1) is 18.6. The summed E-state index contributed by atoms with van der Waals surface area (Å²) < 4.78 is 79.2. The van der Waals surface area contributed by atoms with Gasteiger partial charge in [-0.25, -0.2) is 13.2 Å². The maximum absolute atomic E-state index is 14.2. The number of nitrogens with zero attached hydrogens (tertiary/aromatic N) is 1. The van der Waals surface area contributed by atoms with Crippen molar-refractivity contribution in [3.8, 4) is 0 Å². The predicted molar refractivity (Wildman–Crippen MR) is 74.4 cm³/mol. The van der Waals surface area contributed by atoms with E-state index in [0.717, 1.165) is 6.08 Å². The summed E-state index contributed by atoms with van der Waals surface area (Å²) in [5, 5.41) is 0. The van der Waals surface area contributed by atoms with Gasteiger partial charge < -0.3 is 10.6 Å². The van der Waals surface area contributed by atoms with Crippen LogP contribution < -0.4 is 5.73 Å². The van der Waals surface area contributed by atoms with Gasteiger partial charge in [0.05, 0.1) is 6.04 Å². The van der Waals surface area contributed by atoms with E-state index in [2.05, 4.69) is 0 Å². The summed E-state index contributed by atoms with van der Waals surface area (Å²) >= 11 is 0. The van der Waals surface area contributed by atoms with E-state index in [1.807, 2.05) is 0 Å². The third-order valence-corrected chi connectivity index (χ3v) is 4.27. The molecule has 3 atom stereocenters. The van der Waals surface area contributed by atoms with E-state index in [9.17, 15) is 31.1 Å². The summed E-state index contributed by atoms with van der Waals surface area (Å²) in [5.74, 6) is -5.22. The molecule has 2 aliphatic rings. The smallest absolute Gasteiger partial charge is 0.329 e. The van der Waals surface area contributed by atoms with E-state index in [1.165, 1.54) is 6.92 Å². The van der Waals surface area contributed by atoms with Crippen molar-refractivity contribution < 1.29 is 31.1 Å². The number of piperidine rings is 1. The molecule has 0 bridgehead atoms. The number of likely N-dealkylation sites (tertiary alicyclic amines) is 1. The van der Waals surface area contributed by atoms with Gasteiger partial charge in [-0.2, -0.15) is 13.2 Å². The number of amides is 1. The van der Waals surface area contributed by atoms with E-state index in [0.29, 0.717) is 11.0 Å². The zero-order valence-corrected chi connectivity index (χ0v) is 12.7. The molecule has 9 heteroatoms. The molecule has 0 radical (unpaired) electrons. The topological polar surface area (TPSA) is 46.3 Å². The van der Waals surface area contributed by atoms with Crippen molar-refractivity contribution in [2.75, 3.05) is 6.54 Å². The van der Waals surface area contributed by atoms with Crippen LogP contribution in [0.15, 0.2) is 35.2 Å². The minimum absolute atomic E-state index is 0.139. The summed E-state index contributed by atoms with van der Waals surface area (Å²) in [6.07, 6.45) is -4.16. The number of hydrogen-bond donors (Lipinski definition) is 1. The highest BCUT2D eigenvalue weighted by Crippen LogP contribution is 2.38. The number of alkyl halides is 3. The first-order valence-electron chi connectivity index (χ1n) is 7.25. The lowest BCUT2D eigenvalue weighted by Crippen LogP contribution is -2.58. The van der Waals surface area contributed by atoms with Crippen molar-refractivity contribution in [3.05, 3.63) is 35.2 Å². The van der Waals surface area contributed by atoms with Crippen molar-refractivity contribution in [1.29, 1.82) is 0 Å². The molecule has 134 valence electrons. The lowest BCUT2D eigenvalue weighted by atomic mass is 9.80.